The van der Waals surface area contributed by atoms with Crippen LogP contribution in [-0.4, -0.2) is 55.5 Å². The number of esters is 1. The number of ether oxygens (including phenoxy) is 3. The van der Waals surface area contributed by atoms with Crippen LogP contribution in [0.5, 0.6) is 0 Å². The van der Waals surface area contributed by atoms with Crippen LogP contribution in [0, 0.1) is 0 Å². The highest BCUT2D eigenvalue weighted by atomic mass is 16.5. The molecule has 0 aromatic carbocycles. The highest BCUT2D eigenvalue weighted by Crippen LogP contribution is 2.22. The third kappa shape index (κ3) is 3.18. The molecule has 1 saturated heterocycles. The Hall–Kier alpha value is -1.73. The van der Waals surface area contributed by atoms with Crippen molar-refractivity contribution in [2.24, 2.45) is 0 Å². The van der Waals surface area contributed by atoms with Crippen LogP contribution in [0.1, 0.15) is 16.9 Å². The van der Waals surface area contributed by atoms with Crippen LogP contribution in [0.2, 0.25) is 0 Å². The van der Waals surface area contributed by atoms with Gasteiger partial charge in [-0.15, -0.1) is 0 Å². The minimum Gasteiger partial charge on any atom is -0.464 e. The summed E-state index contributed by atoms with van der Waals surface area (Å²) in [6, 6.07) is 0. The quantitative estimate of drug-likeness (QED) is 0.777. The second-order valence-electron chi connectivity index (χ2n) is 4.32. The highest BCUT2D eigenvalue weighted by molar-refractivity contribution is 5.86. The van der Waals surface area contributed by atoms with Crippen molar-refractivity contribution in [3.63, 3.8) is 0 Å². The number of hydrogen-bond donors (Lipinski definition) is 1. The van der Waals surface area contributed by atoms with E-state index in [9.17, 15) is 4.79 Å². The van der Waals surface area contributed by atoms with E-state index in [4.69, 9.17) is 9.47 Å². The smallest absolute Gasteiger partial charge is 0.358 e. The highest BCUT2D eigenvalue weighted by Gasteiger charge is 2.34. The summed E-state index contributed by atoms with van der Waals surface area (Å²) in [5, 5.41) is 3.13. The fourth-order valence-electron chi connectivity index (χ4n) is 1.84. The minimum atomic E-state index is -0.503. The number of carbonyl (C=O) groups excluding carboxylic acids is 1. The molecule has 19 heavy (non-hydrogen) atoms. The number of rotatable bonds is 5. The molecule has 1 aliphatic heterocycles. The molecule has 1 atom stereocenters. The molecular weight excluding hydrogens is 250 g/mol. The first-order valence-corrected chi connectivity index (χ1v) is 5.96. The Balaban J connectivity index is 1.94. The van der Waals surface area contributed by atoms with Crippen LogP contribution in [-0.2, 0) is 14.2 Å². The number of anilines is 1. The third-order valence-corrected chi connectivity index (χ3v) is 3.14. The largest absolute Gasteiger partial charge is 0.464 e. The maximum atomic E-state index is 11.2. The summed E-state index contributed by atoms with van der Waals surface area (Å²) in [6.45, 7) is 1.84. The second kappa shape index (κ2) is 5.94. The number of carbonyl (C=O) groups is 1. The standard InChI is InChI=1S/C12H17N3O4/c1-17-11(16)9-5-14-10(6-13-9)15-7-12(18-2)3-4-19-8-12/h5-6H,3-4,7-8H2,1-2H3,(H,14,15). The molecule has 0 bridgehead atoms. The minimum absolute atomic E-state index is 0.179. The first-order chi connectivity index (χ1) is 9.19. The van der Waals surface area contributed by atoms with E-state index in [2.05, 4.69) is 20.0 Å². The number of nitrogens with zero attached hydrogens (tertiary/aromatic N) is 2. The van der Waals surface area contributed by atoms with Gasteiger partial charge in [-0.25, -0.2) is 14.8 Å². The van der Waals surface area contributed by atoms with E-state index in [1.54, 1.807) is 7.11 Å². The zero-order chi connectivity index (χ0) is 13.7. The van der Waals surface area contributed by atoms with Crippen molar-refractivity contribution in [2.75, 3.05) is 39.3 Å². The molecule has 7 heteroatoms. The van der Waals surface area contributed by atoms with Crippen LogP contribution >= 0.6 is 0 Å². The summed E-state index contributed by atoms with van der Waals surface area (Å²) in [7, 11) is 2.97. The van der Waals surface area contributed by atoms with Crippen LogP contribution in [0.25, 0.3) is 0 Å². The van der Waals surface area contributed by atoms with Gasteiger partial charge in [0.15, 0.2) is 5.69 Å². The van der Waals surface area contributed by atoms with E-state index in [1.165, 1.54) is 19.5 Å². The predicted octanol–water partition coefficient (Wildman–Crippen LogP) is 0.481. The van der Waals surface area contributed by atoms with Crippen molar-refractivity contribution < 1.29 is 19.0 Å². The number of hydrogen-bond acceptors (Lipinski definition) is 7. The molecule has 0 radical (unpaired) electrons. The van der Waals surface area contributed by atoms with E-state index < -0.39 is 5.97 Å². The molecule has 1 aliphatic rings. The molecule has 2 heterocycles. The van der Waals surface area contributed by atoms with Gasteiger partial charge in [0.2, 0.25) is 0 Å². The monoisotopic (exact) mass is 267 g/mol. The summed E-state index contributed by atoms with van der Waals surface area (Å²) < 4.78 is 15.4. The number of aromatic nitrogens is 2. The number of nitrogens with one attached hydrogen (secondary N) is 1. The summed E-state index contributed by atoms with van der Waals surface area (Å²) in [5.41, 5.74) is -0.137. The summed E-state index contributed by atoms with van der Waals surface area (Å²) in [6.07, 6.45) is 3.70. The fourth-order valence-corrected chi connectivity index (χ4v) is 1.84. The summed E-state index contributed by atoms with van der Waals surface area (Å²) >= 11 is 0. The van der Waals surface area contributed by atoms with Gasteiger partial charge >= 0.3 is 5.97 Å². The van der Waals surface area contributed by atoms with Crippen molar-refractivity contribution in [3.8, 4) is 0 Å². The maximum Gasteiger partial charge on any atom is 0.358 e. The van der Waals surface area contributed by atoms with Gasteiger partial charge in [0.25, 0.3) is 0 Å². The molecule has 104 valence electrons. The Morgan fingerprint density at radius 2 is 2.32 bits per heavy atom. The van der Waals surface area contributed by atoms with Gasteiger partial charge in [0.05, 0.1) is 26.1 Å². The predicted molar refractivity (Wildman–Crippen MR) is 67.0 cm³/mol. The Morgan fingerprint density at radius 3 is 2.84 bits per heavy atom. The molecule has 7 nitrogen and oxygen atoms in total. The maximum absolute atomic E-state index is 11.2. The van der Waals surface area contributed by atoms with Crippen molar-refractivity contribution >= 4 is 11.8 Å². The van der Waals surface area contributed by atoms with Gasteiger partial charge in [-0.1, -0.05) is 0 Å². The lowest BCUT2D eigenvalue weighted by molar-refractivity contribution is -0.00626. The van der Waals surface area contributed by atoms with E-state index in [0.29, 0.717) is 25.6 Å². The van der Waals surface area contributed by atoms with E-state index in [-0.39, 0.29) is 11.3 Å². The molecule has 2 rings (SSSR count). The molecule has 1 unspecified atom stereocenters. The lowest BCUT2D eigenvalue weighted by Gasteiger charge is -2.25. The normalized spacial score (nSPS) is 22.2. The zero-order valence-corrected chi connectivity index (χ0v) is 11.0. The molecule has 1 aromatic rings. The molecule has 0 saturated carbocycles. The molecule has 1 N–H and O–H groups in total. The van der Waals surface area contributed by atoms with Crippen molar-refractivity contribution in [1.29, 1.82) is 0 Å². The topological polar surface area (TPSA) is 82.6 Å². The molecule has 0 amide bonds. The molecular formula is C12H17N3O4. The van der Waals surface area contributed by atoms with Gasteiger partial charge in [0.1, 0.15) is 11.4 Å². The fraction of sp³-hybridized carbons (Fsp3) is 0.583. The van der Waals surface area contributed by atoms with E-state index in [1.807, 2.05) is 0 Å². The van der Waals surface area contributed by atoms with Crippen molar-refractivity contribution in [3.05, 3.63) is 18.1 Å². The average molecular weight is 267 g/mol. The first kappa shape index (κ1) is 13.7. The SMILES string of the molecule is COC(=O)c1cnc(NCC2(OC)CCOC2)cn1. The Labute approximate surface area is 111 Å². The molecule has 0 spiro atoms. The first-order valence-electron chi connectivity index (χ1n) is 5.96. The molecule has 1 fully saturated rings. The van der Waals surface area contributed by atoms with Crippen LogP contribution in [0.4, 0.5) is 5.82 Å². The summed E-state index contributed by atoms with van der Waals surface area (Å²) in [4.78, 5) is 19.3. The summed E-state index contributed by atoms with van der Waals surface area (Å²) in [5.74, 6) is 0.0765. The lowest BCUT2D eigenvalue weighted by atomic mass is 10.0. The van der Waals surface area contributed by atoms with Gasteiger partial charge in [-0.2, -0.15) is 0 Å². The Kier molecular flexibility index (Phi) is 4.28. The van der Waals surface area contributed by atoms with Crippen LogP contribution < -0.4 is 5.32 Å². The van der Waals surface area contributed by atoms with Gasteiger partial charge in [-0.3, -0.25) is 0 Å². The van der Waals surface area contributed by atoms with E-state index in [0.717, 1.165) is 6.42 Å². The Bertz CT molecular complexity index is 429. The zero-order valence-electron chi connectivity index (χ0n) is 11.0. The molecule has 1 aromatic heterocycles. The second-order valence-corrected chi connectivity index (χ2v) is 4.32. The Morgan fingerprint density at radius 1 is 1.47 bits per heavy atom. The third-order valence-electron chi connectivity index (χ3n) is 3.14. The van der Waals surface area contributed by atoms with Crippen LogP contribution in [0.3, 0.4) is 0 Å². The van der Waals surface area contributed by atoms with E-state index >= 15 is 0 Å². The van der Waals surface area contributed by atoms with Gasteiger partial charge < -0.3 is 19.5 Å². The lowest BCUT2D eigenvalue weighted by Crippen LogP contribution is -2.39. The van der Waals surface area contributed by atoms with Gasteiger partial charge in [0, 0.05) is 26.7 Å². The van der Waals surface area contributed by atoms with Crippen molar-refractivity contribution in [2.45, 2.75) is 12.0 Å². The number of methoxy groups -OCH3 is 2. The van der Waals surface area contributed by atoms with Crippen molar-refractivity contribution in [1.82, 2.24) is 9.97 Å². The van der Waals surface area contributed by atoms with Gasteiger partial charge in [-0.05, 0) is 0 Å². The molecule has 0 aliphatic carbocycles. The van der Waals surface area contributed by atoms with Crippen LogP contribution in [0.15, 0.2) is 12.4 Å². The average Bonchev–Trinajstić information content (AvgIpc) is 2.94.